The molecule has 1 aliphatic rings. The van der Waals surface area contributed by atoms with Crippen LogP contribution in [-0.4, -0.2) is 44.3 Å². The van der Waals surface area contributed by atoms with Crippen LogP contribution in [0.1, 0.15) is 50.1 Å². The Hall–Kier alpha value is -1.72. The van der Waals surface area contributed by atoms with E-state index in [2.05, 4.69) is 42.9 Å². The molecule has 1 N–H and O–H groups in total. The molecule has 136 valence electrons. The monoisotopic (exact) mass is 342 g/mol. The molecule has 1 aliphatic heterocycles. The van der Waals surface area contributed by atoms with Crippen molar-refractivity contribution in [1.29, 1.82) is 0 Å². The Bertz CT molecular complexity index is 775. The second-order valence-corrected chi connectivity index (χ2v) is 7.90. The maximum atomic E-state index is 10.1. The van der Waals surface area contributed by atoms with E-state index in [1.54, 1.807) is 0 Å². The van der Waals surface area contributed by atoms with Crippen molar-refractivity contribution in [2.45, 2.75) is 53.5 Å². The van der Waals surface area contributed by atoms with Crippen LogP contribution in [0.2, 0.25) is 0 Å². The predicted molar refractivity (Wildman–Crippen MR) is 101 cm³/mol. The first-order valence-corrected chi connectivity index (χ1v) is 9.20. The molecule has 1 fully saturated rings. The van der Waals surface area contributed by atoms with Gasteiger partial charge in [-0.1, -0.05) is 11.6 Å². The lowest BCUT2D eigenvalue weighted by Gasteiger charge is -2.41. The van der Waals surface area contributed by atoms with Crippen LogP contribution < -0.4 is 0 Å². The van der Waals surface area contributed by atoms with Crippen molar-refractivity contribution in [1.82, 2.24) is 19.5 Å². The second-order valence-electron chi connectivity index (χ2n) is 7.90. The van der Waals surface area contributed by atoms with E-state index in [9.17, 15) is 5.11 Å². The van der Waals surface area contributed by atoms with Crippen molar-refractivity contribution in [2.75, 3.05) is 19.7 Å². The van der Waals surface area contributed by atoms with E-state index in [1.807, 2.05) is 17.6 Å². The molecule has 0 spiro atoms. The highest BCUT2D eigenvalue weighted by atomic mass is 16.3. The second kappa shape index (κ2) is 7.26. The zero-order valence-corrected chi connectivity index (χ0v) is 15.9. The first kappa shape index (κ1) is 18.1. The van der Waals surface area contributed by atoms with E-state index >= 15 is 0 Å². The van der Waals surface area contributed by atoms with Crippen LogP contribution in [0.25, 0.3) is 5.65 Å². The lowest BCUT2D eigenvalue weighted by molar-refractivity contribution is 0.0309. The van der Waals surface area contributed by atoms with Crippen LogP contribution in [0.15, 0.2) is 23.9 Å². The molecular weight excluding hydrogens is 312 g/mol. The molecule has 0 bridgehead atoms. The third kappa shape index (κ3) is 3.93. The minimum absolute atomic E-state index is 0.0161. The summed E-state index contributed by atoms with van der Waals surface area (Å²) in [5.41, 5.74) is 5.57. The Morgan fingerprint density at radius 1 is 1.36 bits per heavy atom. The number of aryl methyl sites for hydroxylation is 2. The molecule has 2 aromatic rings. The largest absolute Gasteiger partial charge is 0.396 e. The number of rotatable bonds is 5. The van der Waals surface area contributed by atoms with Crippen LogP contribution in [0.4, 0.5) is 0 Å². The minimum atomic E-state index is -0.0161. The minimum Gasteiger partial charge on any atom is -0.396 e. The van der Waals surface area contributed by atoms with Crippen LogP contribution in [0, 0.1) is 19.3 Å². The normalized spacial score (nSPS) is 21.6. The summed E-state index contributed by atoms with van der Waals surface area (Å²) in [5, 5.41) is 14.6. The van der Waals surface area contributed by atoms with Crippen LogP contribution in [-0.2, 0) is 6.54 Å². The van der Waals surface area contributed by atoms with Gasteiger partial charge in [-0.05, 0) is 59.6 Å². The molecule has 0 saturated carbocycles. The molecule has 0 aliphatic carbocycles. The maximum Gasteiger partial charge on any atom is 0.159 e. The molecule has 3 heterocycles. The quantitative estimate of drug-likeness (QED) is 0.847. The van der Waals surface area contributed by atoms with Crippen LogP contribution >= 0.6 is 0 Å². The number of nitrogens with zero attached hydrogens (tertiary/aromatic N) is 4. The third-order valence-corrected chi connectivity index (χ3v) is 5.26. The number of piperidine rings is 1. The number of fused-ring (bicyclic) bond motifs is 1. The SMILES string of the molecule is CC(C)=CC[C@@]1(CO)CCCN(Cc2cnn3c(C)cc(C)nc23)C1. The summed E-state index contributed by atoms with van der Waals surface area (Å²) in [6.45, 7) is 11.4. The number of hydrogen-bond donors (Lipinski definition) is 1. The van der Waals surface area contributed by atoms with E-state index in [-0.39, 0.29) is 12.0 Å². The highest BCUT2D eigenvalue weighted by Crippen LogP contribution is 2.34. The molecule has 0 unspecified atom stereocenters. The van der Waals surface area contributed by atoms with Crippen molar-refractivity contribution in [2.24, 2.45) is 5.41 Å². The van der Waals surface area contributed by atoms with Gasteiger partial charge in [0.05, 0.1) is 12.8 Å². The smallest absolute Gasteiger partial charge is 0.159 e. The maximum absolute atomic E-state index is 10.1. The third-order valence-electron chi connectivity index (χ3n) is 5.26. The van der Waals surface area contributed by atoms with Gasteiger partial charge in [0.1, 0.15) is 0 Å². The average Bonchev–Trinajstić information content (AvgIpc) is 2.96. The first-order chi connectivity index (χ1) is 11.9. The van der Waals surface area contributed by atoms with Crippen molar-refractivity contribution in [3.8, 4) is 0 Å². The number of aliphatic hydroxyl groups is 1. The Kier molecular flexibility index (Phi) is 5.25. The molecule has 3 rings (SSSR count). The van der Waals surface area contributed by atoms with Crippen molar-refractivity contribution >= 4 is 5.65 Å². The van der Waals surface area contributed by atoms with E-state index in [4.69, 9.17) is 4.98 Å². The van der Waals surface area contributed by atoms with Crippen LogP contribution in [0.3, 0.4) is 0 Å². The van der Waals surface area contributed by atoms with Gasteiger partial charge < -0.3 is 5.11 Å². The number of allylic oxidation sites excluding steroid dienone is 2. The summed E-state index contributed by atoms with van der Waals surface area (Å²) >= 11 is 0. The number of hydrogen-bond acceptors (Lipinski definition) is 4. The fraction of sp³-hybridized carbons (Fsp3) is 0.600. The van der Waals surface area contributed by atoms with Gasteiger partial charge >= 0.3 is 0 Å². The number of aliphatic hydroxyl groups excluding tert-OH is 1. The number of aromatic nitrogens is 3. The lowest BCUT2D eigenvalue weighted by Crippen LogP contribution is -2.44. The molecule has 5 heteroatoms. The van der Waals surface area contributed by atoms with E-state index in [0.29, 0.717) is 0 Å². The summed E-state index contributed by atoms with van der Waals surface area (Å²) in [7, 11) is 0. The highest BCUT2D eigenvalue weighted by Gasteiger charge is 2.34. The molecule has 5 nitrogen and oxygen atoms in total. The number of likely N-dealkylation sites (tertiary alicyclic amines) is 1. The zero-order valence-electron chi connectivity index (χ0n) is 15.9. The van der Waals surface area contributed by atoms with Gasteiger partial charge in [0.25, 0.3) is 0 Å². The zero-order chi connectivity index (χ0) is 18.0. The van der Waals surface area contributed by atoms with E-state index < -0.39 is 0 Å². The van der Waals surface area contributed by atoms with E-state index in [0.717, 1.165) is 55.9 Å². The van der Waals surface area contributed by atoms with Gasteiger partial charge in [0.15, 0.2) is 5.65 Å². The fourth-order valence-corrected chi connectivity index (χ4v) is 3.89. The summed E-state index contributed by atoms with van der Waals surface area (Å²) in [6.07, 6.45) is 7.38. The van der Waals surface area contributed by atoms with Crippen LogP contribution in [0.5, 0.6) is 0 Å². The Balaban J connectivity index is 1.80. The summed E-state index contributed by atoms with van der Waals surface area (Å²) in [4.78, 5) is 7.15. The predicted octanol–water partition coefficient (Wildman–Crippen LogP) is 3.28. The topological polar surface area (TPSA) is 53.7 Å². The molecule has 1 atom stereocenters. The van der Waals surface area contributed by atoms with E-state index in [1.165, 1.54) is 11.1 Å². The molecule has 0 radical (unpaired) electrons. The van der Waals surface area contributed by atoms with Gasteiger partial charge in [-0.25, -0.2) is 9.50 Å². The summed E-state index contributed by atoms with van der Waals surface area (Å²) in [5.74, 6) is 0. The summed E-state index contributed by atoms with van der Waals surface area (Å²) < 4.78 is 1.93. The Morgan fingerprint density at radius 3 is 2.88 bits per heavy atom. The molecule has 2 aromatic heterocycles. The highest BCUT2D eigenvalue weighted by molar-refractivity contribution is 5.47. The van der Waals surface area contributed by atoms with Gasteiger partial charge in [0.2, 0.25) is 0 Å². The van der Waals surface area contributed by atoms with Gasteiger partial charge in [-0.15, -0.1) is 0 Å². The molecule has 1 saturated heterocycles. The fourth-order valence-electron chi connectivity index (χ4n) is 3.89. The Morgan fingerprint density at radius 2 is 2.16 bits per heavy atom. The molecule has 0 amide bonds. The van der Waals surface area contributed by atoms with Gasteiger partial charge in [-0.2, -0.15) is 5.10 Å². The van der Waals surface area contributed by atoms with Crippen molar-refractivity contribution in [3.05, 3.63) is 40.9 Å². The lowest BCUT2D eigenvalue weighted by atomic mass is 9.77. The standard InChI is InChI=1S/C20H30N4O/c1-15(2)6-8-20(14-25)7-5-9-23(13-20)12-18-11-21-24-17(4)10-16(3)22-19(18)24/h6,10-11,25H,5,7-9,12-14H2,1-4H3/t20-/m0/s1. The molecule has 0 aromatic carbocycles. The van der Waals surface area contributed by atoms with Gasteiger partial charge in [-0.3, -0.25) is 4.90 Å². The van der Waals surface area contributed by atoms with Crippen molar-refractivity contribution in [3.63, 3.8) is 0 Å². The average molecular weight is 342 g/mol. The molecular formula is C20H30N4O. The van der Waals surface area contributed by atoms with Crippen molar-refractivity contribution < 1.29 is 5.11 Å². The summed E-state index contributed by atoms with van der Waals surface area (Å²) in [6, 6.07) is 2.06. The Labute approximate surface area is 150 Å². The first-order valence-electron chi connectivity index (χ1n) is 9.20. The molecule has 25 heavy (non-hydrogen) atoms. The van der Waals surface area contributed by atoms with Gasteiger partial charge in [0, 0.05) is 35.5 Å².